The van der Waals surface area contributed by atoms with E-state index in [-0.39, 0.29) is 31.5 Å². The number of halogens is 2. The van der Waals surface area contributed by atoms with Crippen molar-refractivity contribution in [3.63, 3.8) is 0 Å². The summed E-state index contributed by atoms with van der Waals surface area (Å²) < 4.78 is 5.45. The largest absolute Gasteiger partial charge is 0.484 e. The van der Waals surface area contributed by atoms with E-state index in [2.05, 4.69) is 17.6 Å². The smallest absolute Gasteiger partial charge is 0.258 e. The zero-order valence-corrected chi connectivity index (χ0v) is 16.6. The highest BCUT2D eigenvalue weighted by molar-refractivity contribution is 6.35. The Morgan fingerprint density at radius 2 is 1.70 bits per heavy atom. The van der Waals surface area contributed by atoms with E-state index in [1.807, 2.05) is 24.3 Å². The van der Waals surface area contributed by atoms with Crippen LogP contribution >= 0.6 is 23.2 Å². The number of hydrogen-bond donors (Lipinski definition) is 2. The summed E-state index contributed by atoms with van der Waals surface area (Å²) in [7, 11) is 0. The van der Waals surface area contributed by atoms with E-state index in [0.29, 0.717) is 21.4 Å². The molecule has 0 bridgehead atoms. The van der Waals surface area contributed by atoms with Crippen molar-refractivity contribution in [3.05, 3.63) is 63.6 Å². The SMILES string of the molecule is CCCc1ccc(OCC(=O)NCCNC(=O)c2cc(Cl)ccc2Cl)cc1. The maximum absolute atomic E-state index is 12.1. The first kappa shape index (κ1) is 21.1. The van der Waals surface area contributed by atoms with Gasteiger partial charge in [0, 0.05) is 18.1 Å². The molecular weight excluding hydrogens is 387 g/mol. The van der Waals surface area contributed by atoms with Gasteiger partial charge in [-0.3, -0.25) is 9.59 Å². The number of benzene rings is 2. The van der Waals surface area contributed by atoms with Gasteiger partial charge in [-0.2, -0.15) is 0 Å². The maximum Gasteiger partial charge on any atom is 0.258 e. The number of nitrogens with one attached hydrogen (secondary N) is 2. The van der Waals surface area contributed by atoms with Gasteiger partial charge >= 0.3 is 0 Å². The molecule has 0 fully saturated rings. The van der Waals surface area contributed by atoms with Gasteiger partial charge in [-0.05, 0) is 42.3 Å². The minimum atomic E-state index is -0.347. The van der Waals surface area contributed by atoms with Crippen molar-refractivity contribution >= 4 is 35.0 Å². The second-order valence-corrected chi connectivity index (χ2v) is 6.76. The molecule has 144 valence electrons. The average Bonchev–Trinajstić information content (AvgIpc) is 2.66. The first-order chi connectivity index (χ1) is 13.0. The molecule has 0 aliphatic rings. The highest BCUT2D eigenvalue weighted by Gasteiger charge is 2.10. The predicted molar refractivity (Wildman–Crippen MR) is 108 cm³/mol. The zero-order chi connectivity index (χ0) is 19.6. The van der Waals surface area contributed by atoms with Crippen LogP contribution in [-0.4, -0.2) is 31.5 Å². The van der Waals surface area contributed by atoms with Crippen LogP contribution in [0, 0.1) is 0 Å². The first-order valence-corrected chi connectivity index (χ1v) is 9.47. The molecule has 2 rings (SSSR count). The predicted octanol–water partition coefficient (Wildman–Crippen LogP) is 3.87. The summed E-state index contributed by atoms with van der Waals surface area (Å²) >= 11 is 11.8. The van der Waals surface area contributed by atoms with E-state index >= 15 is 0 Å². The van der Waals surface area contributed by atoms with Gasteiger partial charge in [-0.15, -0.1) is 0 Å². The molecule has 0 aromatic heterocycles. The highest BCUT2D eigenvalue weighted by Crippen LogP contribution is 2.20. The molecule has 0 spiro atoms. The first-order valence-electron chi connectivity index (χ1n) is 8.71. The molecule has 27 heavy (non-hydrogen) atoms. The third kappa shape index (κ3) is 7.12. The van der Waals surface area contributed by atoms with Crippen LogP contribution < -0.4 is 15.4 Å². The van der Waals surface area contributed by atoms with Gasteiger partial charge in [0.25, 0.3) is 11.8 Å². The van der Waals surface area contributed by atoms with Crippen molar-refractivity contribution in [2.75, 3.05) is 19.7 Å². The summed E-state index contributed by atoms with van der Waals surface area (Å²) in [6.07, 6.45) is 2.11. The van der Waals surface area contributed by atoms with Gasteiger partial charge in [-0.1, -0.05) is 48.7 Å². The van der Waals surface area contributed by atoms with E-state index in [1.165, 1.54) is 11.6 Å². The quantitative estimate of drug-likeness (QED) is 0.618. The molecule has 2 amide bonds. The highest BCUT2D eigenvalue weighted by atomic mass is 35.5. The molecule has 0 saturated heterocycles. The summed E-state index contributed by atoms with van der Waals surface area (Å²) in [6.45, 7) is 2.59. The average molecular weight is 409 g/mol. The molecule has 0 aliphatic heterocycles. The van der Waals surface area contributed by atoms with Crippen LogP contribution in [0.15, 0.2) is 42.5 Å². The summed E-state index contributed by atoms with van der Waals surface area (Å²) in [5.41, 5.74) is 1.54. The third-order valence-corrected chi connectivity index (χ3v) is 4.30. The Labute approximate surface area is 169 Å². The van der Waals surface area contributed by atoms with Gasteiger partial charge in [0.05, 0.1) is 10.6 Å². The zero-order valence-electron chi connectivity index (χ0n) is 15.1. The molecule has 0 aliphatic carbocycles. The Balaban J connectivity index is 1.67. The van der Waals surface area contributed by atoms with Crippen LogP contribution in [0.4, 0.5) is 0 Å². The third-order valence-electron chi connectivity index (χ3n) is 3.74. The molecule has 2 N–H and O–H groups in total. The minimum Gasteiger partial charge on any atom is -0.484 e. The van der Waals surface area contributed by atoms with Crippen LogP contribution in [0.25, 0.3) is 0 Å². The van der Waals surface area contributed by atoms with E-state index in [0.717, 1.165) is 12.8 Å². The second-order valence-electron chi connectivity index (χ2n) is 5.91. The van der Waals surface area contributed by atoms with Crippen LogP contribution in [0.1, 0.15) is 29.3 Å². The van der Waals surface area contributed by atoms with E-state index in [4.69, 9.17) is 27.9 Å². The molecule has 2 aromatic carbocycles. The topological polar surface area (TPSA) is 67.4 Å². The standard InChI is InChI=1S/C20H22Cl2N2O3/c1-2-3-14-4-7-16(8-5-14)27-13-19(25)23-10-11-24-20(26)17-12-15(21)6-9-18(17)22/h4-9,12H,2-3,10-11,13H2,1H3,(H,23,25)(H,24,26). The van der Waals surface area contributed by atoms with Gasteiger partial charge in [0.2, 0.25) is 0 Å². The van der Waals surface area contributed by atoms with Crippen LogP contribution in [0.3, 0.4) is 0 Å². The fourth-order valence-corrected chi connectivity index (χ4v) is 2.76. The number of amides is 2. The Kier molecular flexibility index (Phi) is 8.43. The van der Waals surface area contributed by atoms with E-state index in [9.17, 15) is 9.59 Å². The van der Waals surface area contributed by atoms with Gasteiger partial charge < -0.3 is 15.4 Å². The summed E-state index contributed by atoms with van der Waals surface area (Å²) in [5.74, 6) is 0.0387. The van der Waals surface area contributed by atoms with Crippen LogP contribution in [0.5, 0.6) is 5.75 Å². The number of carbonyl (C=O) groups is 2. The minimum absolute atomic E-state index is 0.0822. The molecule has 0 atom stereocenters. The van der Waals surface area contributed by atoms with Gasteiger partial charge in [0.1, 0.15) is 5.75 Å². The van der Waals surface area contributed by atoms with Crippen molar-refractivity contribution < 1.29 is 14.3 Å². The van der Waals surface area contributed by atoms with Crippen molar-refractivity contribution in [2.45, 2.75) is 19.8 Å². The lowest BCUT2D eigenvalue weighted by molar-refractivity contribution is -0.123. The fraction of sp³-hybridized carbons (Fsp3) is 0.300. The van der Waals surface area contributed by atoms with Crippen LogP contribution in [0.2, 0.25) is 10.0 Å². The Morgan fingerprint density at radius 3 is 2.41 bits per heavy atom. The number of aryl methyl sites for hydroxylation is 1. The van der Waals surface area contributed by atoms with E-state index < -0.39 is 0 Å². The number of ether oxygens (including phenoxy) is 1. The molecular formula is C20H22Cl2N2O3. The number of hydrogen-bond acceptors (Lipinski definition) is 3. The van der Waals surface area contributed by atoms with E-state index in [1.54, 1.807) is 12.1 Å². The van der Waals surface area contributed by atoms with Crippen molar-refractivity contribution in [3.8, 4) is 5.75 Å². The summed E-state index contributed by atoms with van der Waals surface area (Å²) in [5, 5.41) is 6.10. The van der Waals surface area contributed by atoms with Gasteiger partial charge in [-0.25, -0.2) is 0 Å². The monoisotopic (exact) mass is 408 g/mol. The molecule has 0 unspecified atom stereocenters. The lowest BCUT2D eigenvalue weighted by atomic mass is 10.1. The van der Waals surface area contributed by atoms with Crippen molar-refractivity contribution in [1.29, 1.82) is 0 Å². The summed E-state index contributed by atoms with van der Waals surface area (Å²) in [4.78, 5) is 23.9. The lowest BCUT2D eigenvalue weighted by Gasteiger charge is -2.10. The van der Waals surface area contributed by atoms with Crippen molar-refractivity contribution in [2.24, 2.45) is 0 Å². The molecule has 2 aromatic rings. The van der Waals surface area contributed by atoms with Crippen molar-refractivity contribution in [1.82, 2.24) is 10.6 Å². The fourth-order valence-electron chi connectivity index (χ4n) is 2.39. The molecule has 0 saturated carbocycles. The Morgan fingerprint density at radius 1 is 1.00 bits per heavy atom. The number of rotatable bonds is 9. The molecule has 0 radical (unpaired) electrons. The molecule has 0 heterocycles. The Bertz CT molecular complexity index is 779. The second kappa shape index (κ2) is 10.8. The van der Waals surface area contributed by atoms with Gasteiger partial charge in [0.15, 0.2) is 6.61 Å². The maximum atomic E-state index is 12.1. The lowest BCUT2D eigenvalue weighted by Crippen LogP contribution is -2.36. The molecule has 5 nitrogen and oxygen atoms in total. The molecule has 7 heteroatoms. The summed E-state index contributed by atoms with van der Waals surface area (Å²) in [6, 6.07) is 12.4. The van der Waals surface area contributed by atoms with Crippen LogP contribution in [-0.2, 0) is 11.2 Å². The normalized spacial score (nSPS) is 10.3. The Hall–Kier alpha value is -2.24. The number of carbonyl (C=O) groups excluding carboxylic acids is 2.